The Balaban J connectivity index is 2.43. The number of nitrogens with zero attached hydrogens (tertiary/aromatic N) is 3. The highest BCUT2D eigenvalue weighted by molar-refractivity contribution is 9.10. The summed E-state index contributed by atoms with van der Waals surface area (Å²) in [5.41, 5.74) is 5.80. The second kappa shape index (κ2) is 6.25. The molecule has 1 heterocycles. The van der Waals surface area contributed by atoms with E-state index in [4.69, 9.17) is 38.9 Å². The van der Waals surface area contributed by atoms with Gasteiger partial charge < -0.3 is 15.7 Å². The van der Waals surface area contributed by atoms with Gasteiger partial charge in [0.2, 0.25) is 5.88 Å². The van der Waals surface area contributed by atoms with Gasteiger partial charge >= 0.3 is 0 Å². The summed E-state index contributed by atoms with van der Waals surface area (Å²) in [5, 5.41) is 19.8. The molecule has 2 aromatic rings. The molecular formula is C11H7BrCl2N4O2. The number of rotatable bonds is 3. The Morgan fingerprint density at radius 3 is 2.80 bits per heavy atom. The fourth-order valence-corrected chi connectivity index (χ4v) is 2.16. The van der Waals surface area contributed by atoms with E-state index in [0.717, 1.165) is 0 Å². The second-order valence-electron chi connectivity index (χ2n) is 3.53. The Kier molecular flexibility index (Phi) is 4.64. The molecule has 0 amide bonds. The Bertz CT molecular complexity index is 681. The molecule has 0 aliphatic heterocycles. The number of halogens is 3. The lowest BCUT2D eigenvalue weighted by Gasteiger charge is -2.10. The summed E-state index contributed by atoms with van der Waals surface area (Å²) in [6, 6.07) is 4.59. The lowest BCUT2D eigenvalue weighted by molar-refractivity contribution is 0.318. The van der Waals surface area contributed by atoms with Crippen LogP contribution in [-0.2, 0) is 0 Å². The molecule has 0 aliphatic carbocycles. The van der Waals surface area contributed by atoms with Crippen LogP contribution in [0.15, 0.2) is 34.0 Å². The summed E-state index contributed by atoms with van der Waals surface area (Å²) in [6.45, 7) is 0. The van der Waals surface area contributed by atoms with Gasteiger partial charge in [0.05, 0.1) is 21.8 Å². The molecule has 0 radical (unpaired) electrons. The highest BCUT2D eigenvalue weighted by atomic mass is 79.9. The minimum Gasteiger partial charge on any atom is -0.435 e. The number of hydrogen-bond donors (Lipinski definition) is 2. The van der Waals surface area contributed by atoms with Crippen molar-refractivity contribution in [3.05, 3.63) is 44.5 Å². The van der Waals surface area contributed by atoms with E-state index in [0.29, 0.717) is 14.5 Å². The topological polar surface area (TPSA) is 93.6 Å². The van der Waals surface area contributed by atoms with Crippen LogP contribution in [0.2, 0.25) is 10.0 Å². The summed E-state index contributed by atoms with van der Waals surface area (Å²) in [7, 11) is 0. The lowest BCUT2D eigenvalue weighted by Crippen LogP contribution is -2.15. The van der Waals surface area contributed by atoms with E-state index in [1.54, 1.807) is 6.07 Å². The third-order valence-corrected chi connectivity index (χ3v) is 3.74. The quantitative estimate of drug-likeness (QED) is 0.281. The summed E-state index contributed by atoms with van der Waals surface area (Å²) in [5.74, 6) is 0.157. The molecule has 6 nitrogen and oxygen atoms in total. The molecule has 104 valence electrons. The number of amidine groups is 1. The van der Waals surface area contributed by atoms with Crippen LogP contribution in [0, 0.1) is 0 Å². The van der Waals surface area contributed by atoms with Crippen molar-refractivity contribution in [2.75, 3.05) is 0 Å². The Hall–Kier alpha value is -1.57. The zero-order valence-electron chi connectivity index (χ0n) is 9.72. The van der Waals surface area contributed by atoms with Gasteiger partial charge in [-0.1, -0.05) is 28.4 Å². The van der Waals surface area contributed by atoms with E-state index in [1.807, 2.05) is 0 Å². The molecule has 0 atom stereocenters. The van der Waals surface area contributed by atoms with E-state index < -0.39 is 0 Å². The third kappa shape index (κ3) is 3.12. The highest BCUT2D eigenvalue weighted by Crippen LogP contribution is 2.36. The number of hydrogen-bond acceptors (Lipinski definition) is 5. The van der Waals surface area contributed by atoms with Crippen LogP contribution < -0.4 is 10.5 Å². The molecular weight excluding hydrogens is 371 g/mol. The van der Waals surface area contributed by atoms with Crippen molar-refractivity contribution >= 4 is 45.0 Å². The molecule has 0 saturated carbocycles. The zero-order chi connectivity index (χ0) is 14.7. The van der Waals surface area contributed by atoms with Crippen molar-refractivity contribution in [2.24, 2.45) is 10.9 Å². The normalized spacial score (nSPS) is 11.4. The average molecular weight is 378 g/mol. The van der Waals surface area contributed by atoms with Crippen LogP contribution in [0.5, 0.6) is 11.6 Å². The fraction of sp³-hybridized carbons (Fsp3) is 0. The van der Waals surface area contributed by atoms with Gasteiger partial charge in [-0.15, -0.1) is 5.10 Å². The zero-order valence-corrected chi connectivity index (χ0v) is 12.8. The van der Waals surface area contributed by atoms with E-state index in [9.17, 15) is 0 Å². The van der Waals surface area contributed by atoms with Gasteiger partial charge in [0.1, 0.15) is 5.75 Å². The van der Waals surface area contributed by atoms with Crippen molar-refractivity contribution in [3.8, 4) is 11.6 Å². The van der Waals surface area contributed by atoms with Crippen molar-refractivity contribution in [1.29, 1.82) is 0 Å². The van der Waals surface area contributed by atoms with Crippen LogP contribution in [0.3, 0.4) is 0 Å². The van der Waals surface area contributed by atoms with Gasteiger partial charge in [-0.3, -0.25) is 0 Å². The first-order chi connectivity index (χ1) is 9.52. The predicted octanol–water partition coefficient (Wildman–Crippen LogP) is 3.43. The minimum absolute atomic E-state index is 0.0445. The number of benzene rings is 1. The Morgan fingerprint density at radius 1 is 1.35 bits per heavy atom. The molecule has 1 aromatic heterocycles. The lowest BCUT2D eigenvalue weighted by atomic mass is 10.3. The second-order valence-corrected chi connectivity index (χ2v) is 5.20. The third-order valence-electron chi connectivity index (χ3n) is 2.25. The van der Waals surface area contributed by atoms with E-state index >= 15 is 0 Å². The van der Waals surface area contributed by atoms with Crippen molar-refractivity contribution < 1.29 is 9.94 Å². The first kappa shape index (κ1) is 14.8. The maximum Gasteiger partial charge on any atom is 0.250 e. The first-order valence-corrected chi connectivity index (χ1v) is 6.69. The van der Waals surface area contributed by atoms with Crippen molar-refractivity contribution in [3.63, 3.8) is 0 Å². The van der Waals surface area contributed by atoms with Gasteiger partial charge in [0, 0.05) is 10.5 Å². The summed E-state index contributed by atoms with van der Waals surface area (Å²) < 4.78 is 6.15. The molecule has 0 bridgehead atoms. The van der Waals surface area contributed by atoms with Gasteiger partial charge in [-0.2, -0.15) is 5.10 Å². The first-order valence-electron chi connectivity index (χ1n) is 5.15. The number of aromatic nitrogens is 2. The number of ether oxygens (including phenoxy) is 1. The van der Waals surface area contributed by atoms with Gasteiger partial charge in [0.25, 0.3) is 0 Å². The maximum absolute atomic E-state index is 8.72. The van der Waals surface area contributed by atoms with Gasteiger partial charge in [0.15, 0.2) is 5.84 Å². The van der Waals surface area contributed by atoms with Gasteiger partial charge in [-0.25, -0.2) is 0 Å². The van der Waals surface area contributed by atoms with Crippen LogP contribution >= 0.6 is 39.1 Å². The Morgan fingerprint density at radius 2 is 2.10 bits per heavy atom. The van der Waals surface area contributed by atoms with Crippen LogP contribution in [0.25, 0.3) is 0 Å². The average Bonchev–Trinajstić information content (AvgIpc) is 2.44. The van der Waals surface area contributed by atoms with Crippen LogP contribution in [-0.4, -0.2) is 21.2 Å². The molecule has 0 saturated heterocycles. The smallest absolute Gasteiger partial charge is 0.250 e. The largest absolute Gasteiger partial charge is 0.435 e. The molecule has 0 unspecified atom stereocenters. The molecule has 3 N–H and O–H groups in total. The minimum atomic E-state index is -0.158. The SMILES string of the molecule is N/C(=N/O)c1ccnnc1Oc1cc(Cl)c(Br)cc1Cl. The molecule has 0 fully saturated rings. The molecule has 0 aliphatic rings. The summed E-state index contributed by atoms with van der Waals surface area (Å²) in [4.78, 5) is 0. The molecule has 2 rings (SSSR count). The monoisotopic (exact) mass is 376 g/mol. The fourth-order valence-electron chi connectivity index (χ4n) is 1.33. The van der Waals surface area contributed by atoms with Crippen molar-refractivity contribution in [2.45, 2.75) is 0 Å². The molecule has 9 heteroatoms. The van der Waals surface area contributed by atoms with Crippen molar-refractivity contribution in [1.82, 2.24) is 10.2 Å². The predicted molar refractivity (Wildman–Crippen MR) is 78.8 cm³/mol. The number of nitrogens with two attached hydrogens (primary N) is 1. The number of oxime groups is 1. The van der Waals surface area contributed by atoms with Crippen LogP contribution in [0.1, 0.15) is 5.56 Å². The standard InChI is InChI=1S/C11H7BrCl2N4O2/c12-6-3-8(14)9(4-7(6)13)20-11-5(10(15)18-19)1-2-16-17-11/h1-4,19H,(H2,15,18). The van der Waals surface area contributed by atoms with Gasteiger partial charge in [-0.05, 0) is 28.1 Å². The molecule has 0 spiro atoms. The highest BCUT2D eigenvalue weighted by Gasteiger charge is 2.14. The summed E-state index contributed by atoms with van der Waals surface area (Å²) >= 11 is 15.3. The Labute approximate surface area is 132 Å². The molecule has 1 aromatic carbocycles. The van der Waals surface area contributed by atoms with E-state index in [2.05, 4.69) is 31.3 Å². The molecule has 20 heavy (non-hydrogen) atoms. The van der Waals surface area contributed by atoms with Crippen LogP contribution in [0.4, 0.5) is 0 Å². The maximum atomic E-state index is 8.72. The van der Waals surface area contributed by atoms with E-state index in [1.165, 1.54) is 18.3 Å². The van der Waals surface area contributed by atoms with E-state index in [-0.39, 0.29) is 23.0 Å². The summed E-state index contributed by atoms with van der Waals surface area (Å²) in [6.07, 6.45) is 1.39.